The van der Waals surface area contributed by atoms with Gasteiger partial charge in [0.15, 0.2) is 0 Å². The minimum absolute atomic E-state index is 0.0568. The Morgan fingerprint density at radius 3 is 2.52 bits per heavy atom. The van der Waals surface area contributed by atoms with Crippen molar-refractivity contribution in [3.63, 3.8) is 0 Å². The van der Waals surface area contributed by atoms with Crippen LogP contribution in [0, 0.1) is 0 Å². The lowest BCUT2D eigenvalue weighted by Crippen LogP contribution is -2.33. The monoisotopic (exact) mass is 568 g/mol. The van der Waals surface area contributed by atoms with E-state index in [0.29, 0.717) is 6.61 Å². The minimum Gasteiger partial charge on any atom is -0.497 e. The Labute approximate surface area is 209 Å². The normalized spacial score (nSPS) is 18.6. The van der Waals surface area contributed by atoms with Crippen LogP contribution in [0.3, 0.4) is 0 Å². The lowest BCUT2D eigenvalue weighted by molar-refractivity contribution is -0.0197. The highest BCUT2D eigenvalue weighted by molar-refractivity contribution is 9.11. The molecule has 2 aliphatic rings. The first-order valence-electron chi connectivity index (χ1n) is 10.6. The molecule has 5 rings (SSSR count). The van der Waals surface area contributed by atoms with Crippen LogP contribution >= 0.6 is 31.9 Å². The molecule has 2 atom stereocenters. The third-order valence-corrected chi connectivity index (χ3v) is 6.81. The van der Waals surface area contributed by atoms with E-state index in [-0.39, 0.29) is 12.3 Å². The van der Waals surface area contributed by atoms with Gasteiger partial charge in [-0.2, -0.15) is 5.10 Å². The summed E-state index contributed by atoms with van der Waals surface area (Å²) in [6, 6.07) is 20.2. The molecule has 0 N–H and O–H groups in total. The third kappa shape index (κ3) is 4.27. The molecule has 0 spiro atoms. The Hall–Kier alpha value is -2.77. The zero-order valence-electron chi connectivity index (χ0n) is 18.0. The van der Waals surface area contributed by atoms with Crippen molar-refractivity contribution in [1.82, 2.24) is 5.01 Å². The maximum atomic E-state index is 6.53. The molecule has 2 aliphatic heterocycles. The Kier molecular flexibility index (Phi) is 6.17. The molecule has 0 aromatic heterocycles. The SMILES string of the molecule is C=CCOc1ccc([C@@H]2Oc3c(Br)cc(Br)cc3[C@H]3CC(c4ccc(OC)cc4)=NN32)cc1. The molecule has 5 nitrogen and oxygen atoms in total. The third-order valence-electron chi connectivity index (χ3n) is 5.76. The van der Waals surface area contributed by atoms with Crippen LogP contribution in [0.4, 0.5) is 0 Å². The van der Waals surface area contributed by atoms with Crippen LogP contribution in [0.5, 0.6) is 17.2 Å². The van der Waals surface area contributed by atoms with Crippen LogP contribution in [-0.2, 0) is 0 Å². The Balaban J connectivity index is 1.54. The van der Waals surface area contributed by atoms with Crippen LogP contribution in [0.2, 0.25) is 0 Å². The second-order valence-corrected chi connectivity index (χ2v) is 9.59. The van der Waals surface area contributed by atoms with Gasteiger partial charge in [-0.05, 0) is 82.2 Å². The maximum absolute atomic E-state index is 6.53. The molecule has 0 bridgehead atoms. The van der Waals surface area contributed by atoms with E-state index in [2.05, 4.69) is 61.6 Å². The summed E-state index contributed by atoms with van der Waals surface area (Å²) in [7, 11) is 1.67. The smallest absolute Gasteiger partial charge is 0.213 e. The zero-order chi connectivity index (χ0) is 22.9. The highest BCUT2D eigenvalue weighted by Crippen LogP contribution is 2.51. The fourth-order valence-corrected chi connectivity index (χ4v) is 5.53. The predicted octanol–water partition coefficient (Wildman–Crippen LogP) is 7.03. The molecule has 2 heterocycles. The lowest BCUT2D eigenvalue weighted by atomic mass is 9.96. The van der Waals surface area contributed by atoms with E-state index in [4.69, 9.17) is 19.3 Å². The highest BCUT2D eigenvalue weighted by atomic mass is 79.9. The summed E-state index contributed by atoms with van der Waals surface area (Å²) in [4.78, 5) is 0. The molecule has 3 aromatic rings. The fraction of sp³-hybridized carbons (Fsp3) is 0.192. The van der Waals surface area contributed by atoms with Crippen LogP contribution in [-0.4, -0.2) is 24.4 Å². The number of hydrazone groups is 1. The molecule has 0 saturated carbocycles. The molecule has 7 heteroatoms. The molecular weight excluding hydrogens is 548 g/mol. The minimum atomic E-state index is -0.357. The molecule has 33 heavy (non-hydrogen) atoms. The van der Waals surface area contributed by atoms with Gasteiger partial charge < -0.3 is 14.2 Å². The van der Waals surface area contributed by atoms with E-state index in [1.54, 1.807) is 13.2 Å². The van der Waals surface area contributed by atoms with E-state index >= 15 is 0 Å². The molecule has 3 aromatic carbocycles. The molecule has 0 amide bonds. The summed E-state index contributed by atoms with van der Waals surface area (Å²) < 4.78 is 19.4. The molecular formula is C26H22Br2N2O3. The van der Waals surface area contributed by atoms with E-state index in [1.807, 2.05) is 42.5 Å². The van der Waals surface area contributed by atoms with Gasteiger partial charge in [0.05, 0.1) is 23.3 Å². The summed E-state index contributed by atoms with van der Waals surface area (Å²) in [6.07, 6.45) is 2.15. The van der Waals surface area contributed by atoms with Gasteiger partial charge in [-0.3, -0.25) is 0 Å². The average Bonchev–Trinajstić information content (AvgIpc) is 3.29. The van der Waals surface area contributed by atoms with Crippen molar-refractivity contribution < 1.29 is 14.2 Å². The van der Waals surface area contributed by atoms with Crippen molar-refractivity contribution in [2.75, 3.05) is 13.7 Å². The van der Waals surface area contributed by atoms with Crippen molar-refractivity contribution in [2.24, 2.45) is 5.10 Å². The van der Waals surface area contributed by atoms with Crippen LogP contribution in [0.15, 0.2) is 87.4 Å². The second-order valence-electron chi connectivity index (χ2n) is 7.82. The van der Waals surface area contributed by atoms with Gasteiger partial charge in [0.25, 0.3) is 0 Å². The summed E-state index contributed by atoms with van der Waals surface area (Å²) in [5.74, 6) is 2.47. The fourth-order valence-electron chi connectivity index (χ4n) is 4.18. The zero-order valence-corrected chi connectivity index (χ0v) is 21.2. The Bertz CT molecular complexity index is 1210. The first-order valence-corrected chi connectivity index (χ1v) is 12.2. The van der Waals surface area contributed by atoms with Crippen molar-refractivity contribution in [1.29, 1.82) is 0 Å². The van der Waals surface area contributed by atoms with E-state index < -0.39 is 0 Å². The van der Waals surface area contributed by atoms with Crippen LogP contribution in [0.1, 0.15) is 35.4 Å². The van der Waals surface area contributed by atoms with E-state index in [1.165, 1.54) is 0 Å². The highest BCUT2D eigenvalue weighted by Gasteiger charge is 2.42. The van der Waals surface area contributed by atoms with E-state index in [0.717, 1.165) is 55.0 Å². The van der Waals surface area contributed by atoms with Gasteiger partial charge >= 0.3 is 0 Å². The van der Waals surface area contributed by atoms with Crippen LogP contribution < -0.4 is 14.2 Å². The van der Waals surface area contributed by atoms with Gasteiger partial charge in [-0.1, -0.05) is 28.6 Å². The standard InChI is InChI=1S/C26H22Br2N2O3/c1-3-12-32-20-10-6-17(7-11-20)26-30-24(21-13-18(27)14-22(28)25(21)33-26)15-23(29-30)16-4-8-19(31-2)9-5-16/h3-11,13-14,24,26H,1,12,15H2,2H3/t24-,26+/m1/s1. The Morgan fingerprint density at radius 1 is 1.09 bits per heavy atom. The Morgan fingerprint density at radius 2 is 1.82 bits per heavy atom. The summed E-state index contributed by atoms with van der Waals surface area (Å²) in [5, 5.41) is 7.10. The van der Waals surface area contributed by atoms with Gasteiger partial charge in [0, 0.05) is 22.0 Å². The first-order chi connectivity index (χ1) is 16.1. The number of nitrogens with zero attached hydrogens (tertiary/aromatic N) is 2. The molecule has 0 saturated heterocycles. The van der Waals surface area contributed by atoms with Gasteiger partial charge in [-0.15, -0.1) is 0 Å². The number of ether oxygens (including phenoxy) is 3. The van der Waals surface area contributed by atoms with Crippen molar-refractivity contribution in [2.45, 2.75) is 18.7 Å². The first kappa shape index (κ1) is 22.0. The lowest BCUT2D eigenvalue weighted by Gasteiger charge is -2.38. The number of fused-ring (bicyclic) bond motifs is 3. The molecule has 0 aliphatic carbocycles. The predicted molar refractivity (Wildman–Crippen MR) is 136 cm³/mol. The largest absolute Gasteiger partial charge is 0.497 e. The molecule has 168 valence electrons. The topological polar surface area (TPSA) is 43.3 Å². The van der Waals surface area contributed by atoms with E-state index in [9.17, 15) is 0 Å². The summed E-state index contributed by atoms with van der Waals surface area (Å²) >= 11 is 7.32. The van der Waals surface area contributed by atoms with Gasteiger partial charge in [-0.25, -0.2) is 5.01 Å². The number of hydrogen-bond donors (Lipinski definition) is 0. The van der Waals surface area contributed by atoms with Crippen molar-refractivity contribution >= 4 is 37.6 Å². The number of halogens is 2. The van der Waals surface area contributed by atoms with Crippen molar-refractivity contribution in [3.05, 3.63) is 99.0 Å². The quantitative estimate of drug-likeness (QED) is 0.299. The van der Waals surface area contributed by atoms with Crippen LogP contribution in [0.25, 0.3) is 0 Å². The number of rotatable bonds is 6. The number of benzene rings is 3. The second kappa shape index (κ2) is 9.23. The molecule has 0 fully saturated rings. The maximum Gasteiger partial charge on any atom is 0.213 e. The van der Waals surface area contributed by atoms with Crippen molar-refractivity contribution in [3.8, 4) is 17.2 Å². The summed E-state index contributed by atoms with van der Waals surface area (Å²) in [5.41, 5.74) is 4.20. The summed E-state index contributed by atoms with van der Waals surface area (Å²) in [6.45, 7) is 4.17. The average molecular weight is 570 g/mol. The van der Waals surface area contributed by atoms with Gasteiger partial charge in [0.1, 0.15) is 23.9 Å². The van der Waals surface area contributed by atoms with Gasteiger partial charge in [0.2, 0.25) is 6.23 Å². The number of hydrogen-bond acceptors (Lipinski definition) is 5. The molecule has 0 unspecified atom stereocenters. The molecule has 0 radical (unpaired) electrons. The number of methoxy groups -OCH3 is 1.